The molecule has 0 aliphatic carbocycles. The Hall–Kier alpha value is -3.47. The number of hydrogen-bond donors (Lipinski definition) is 0. The number of benzene rings is 2. The van der Waals surface area contributed by atoms with Gasteiger partial charge in [0.1, 0.15) is 17.9 Å². The summed E-state index contributed by atoms with van der Waals surface area (Å²) < 4.78 is 10.8. The molecule has 134 valence electrons. The van der Waals surface area contributed by atoms with Crippen LogP contribution in [0.15, 0.2) is 63.8 Å². The fraction of sp³-hybridized carbons (Fsp3) is 0.136. The van der Waals surface area contributed by atoms with Gasteiger partial charge in [-0.25, -0.2) is 14.6 Å². The molecule has 0 spiro atoms. The number of aryl methyl sites for hydroxylation is 2. The monoisotopic (exact) mass is 359 g/mol. The van der Waals surface area contributed by atoms with Crippen molar-refractivity contribution in [3.63, 3.8) is 0 Å². The van der Waals surface area contributed by atoms with Crippen LogP contribution in [0.1, 0.15) is 27.2 Å². The molecule has 0 aliphatic rings. The SMILES string of the molecule is Cc1ccc2c(COC(=O)c3ccc4ccccc4n3)cc(=O)oc2c1C. The fourth-order valence-corrected chi connectivity index (χ4v) is 3.04. The Balaban J connectivity index is 1.63. The van der Waals surface area contributed by atoms with Gasteiger partial charge in [-0.1, -0.05) is 36.4 Å². The maximum Gasteiger partial charge on any atom is 0.357 e. The minimum atomic E-state index is -0.536. The van der Waals surface area contributed by atoms with Crippen LogP contribution in [0.25, 0.3) is 21.9 Å². The van der Waals surface area contributed by atoms with Gasteiger partial charge in [-0.3, -0.25) is 0 Å². The number of esters is 1. The molecule has 0 unspecified atom stereocenters. The van der Waals surface area contributed by atoms with Crippen LogP contribution in [0, 0.1) is 13.8 Å². The second-order valence-electron chi connectivity index (χ2n) is 6.44. The Kier molecular flexibility index (Phi) is 4.20. The first-order valence-corrected chi connectivity index (χ1v) is 8.59. The van der Waals surface area contributed by atoms with E-state index < -0.39 is 11.6 Å². The quantitative estimate of drug-likeness (QED) is 0.403. The molecule has 5 heteroatoms. The van der Waals surface area contributed by atoms with E-state index in [0.29, 0.717) is 11.1 Å². The lowest BCUT2D eigenvalue weighted by Gasteiger charge is -2.10. The maximum absolute atomic E-state index is 12.4. The normalized spacial score (nSPS) is 11.0. The zero-order valence-corrected chi connectivity index (χ0v) is 15.0. The highest BCUT2D eigenvalue weighted by molar-refractivity contribution is 5.91. The van der Waals surface area contributed by atoms with Crippen LogP contribution >= 0.6 is 0 Å². The zero-order chi connectivity index (χ0) is 19.0. The summed E-state index contributed by atoms with van der Waals surface area (Å²) in [5, 5.41) is 1.71. The van der Waals surface area contributed by atoms with Crippen molar-refractivity contribution in [3.05, 3.63) is 87.4 Å². The zero-order valence-electron chi connectivity index (χ0n) is 15.0. The molecule has 2 heterocycles. The summed E-state index contributed by atoms with van der Waals surface area (Å²) in [7, 11) is 0. The molecule has 4 rings (SSSR count). The molecule has 2 aromatic carbocycles. The van der Waals surface area contributed by atoms with Gasteiger partial charge in [0.25, 0.3) is 0 Å². The number of carbonyl (C=O) groups is 1. The predicted octanol–water partition coefficient (Wildman–Crippen LogP) is 4.32. The third-order valence-corrected chi connectivity index (χ3v) is 4.68. The van der Waals surface area contributed by atoms with Gasteiger partial charge in [0.05, 0.1) is 5.52 Å². The van der Waals surface area contributed by atoms with E-state index in [1.165, 1.54) is 6.07 Å². The molecule has 0 radical (unpaired) electrons. The number of ether oxygens (including phenoxy) is 1. The van der Waals surface area contributed by atoms with Crippen molar-refractivity contribution in [2.75, 3.05) is 0 Å². The molecule has 0 N–H and O–H groups in total. The highest BCUT2D eigenvalue weighted by atomic mass is 16.5. The molecule has 0 bridgehead atoms. The summed E-state index contributed by atoms with van der Waals surface area (Å²) in [4.78, 5) is 28.7. The van der Waals surface area contributed by atoms with Gasteiger partial charge in [-0.2, -0.15) is 0 Å². The van der Waals surface area contributed by atoms with E-state index in [4.69, 9.17) is 9.15 Å². The van der Waals surface area contributed by atoms with Gasteiger partial charge in [0.2, 0.25) is 0 Å². The van der Waals surface area contributed by atoms with Crippen LogP contribution in [-0.2, 0) is 11.3 Å². The smallest absolute Gasteiger partial charge is 0.357 e. The summed E-state index contributed by atoms with van der Waals surface area (Å²) in [5.74, 6) is -0.536. The lowest BCUT2D eigenvalue weighted by Crippen LogP contribution is -2.09. The lowest BCUT2D eigenvalue weighted by molar-refractivity contribution is 0.0467. The van der Waals surface area contributed by atoms with Crippen molar-refractivity contribution in [1.82, 2.24) is 4.98 Å². The molecule has 27 heavy (non-hydrogen) atoms. The van der Waals surface area contributed by atoms with Gasteiger partial charge in [0.15, 0.2) is 0 Å². The van der Waals surface area contributed by atoms with Crippen LogP contribution in [0.4, 0.5) is 0 Å². The minimum Gasteiger partial charge on any atom is -0.456 e. The first-order chi connectivity index (χ1) is 13.0. The molecule has 0 atom stereocenters. The van der Waals surface area contributed by atoms with Crippen molar-refractivity contribution in [1.29, 1.82) is 0 Å². The number of aromatic nitrogens is 1. The summed E-state index contributed by atoms with van der Waals surface area (Å²) in [5.41, 5.74) is 3.55. The van der Waals surface area contributed by atoms with Crippen LogP contribution in [0.5, 0.6) is 0 Å². The Bertz CT molecular complexity index is 1240. The highest BCUT2D eigenvalue weighted by Crippen LogP contribution is 2.24. The molecular weight excluding hydrogens is 342 g/mol. The summed E-state index contributed by atoms with van der Waals surface area (Å²) in [6.07, 6.45) is 0. The Morgan fingerprint density at radius 1 is 1.07 bits per heavy atom. The lowest BCUT2D eigenvalue weighted by atomic mass is 10.0. The van der Waals surface area contributed by atoms with E-state index in [1.54, 1.807) is 6.07 Å². The fourth-order valence-electron chi connectivity index (χ4n) is 3.04. The van der Waals surface area contributed by atoms with E-state index in [-0.39, 0.29) is 12.3 Å². The van der Waals surface area contributed by atoms with Gasteiger partial charge >= 0.3 is 11.6 Å². The summed E-state index contributed by atoms with van der Waals surface area (Å²) in [6.45, 7) is 3.82. The first kappa shape index (κ1) is 17.0. The van der Waals surface area contributed by atoms with E-state index in [2.05, 4.69) is 4.98 Å². The number of pyridine rings is 1. The standard InChI is InChI=1S/C22H17NO4/c1-13-7-9-17-16(11-20(24)27-21(17)14(13)2)12-26-22(25)19-10-8-15-5-3-4-6-18(15)23-19/h3-11H,12H2,1-2H3. The van der Waals surface area contributed by atoms with Crippen LogP contribution in [0.2, 0.25) is 0 Å². The van der Waals surface area contributed by atoms with Crippen molar-refractivity contribution in [3.8, 4) is 0 Å². The largest absolute Gasteiger partial charge is 0.456 e. The van der Waals surface area contributed by atoms with E-state index >= 15 is 0 Å². The van der Waals surface area contributed by atoms with Crippen LogP contribution in [0.3, 0.4) is 0 Å². The second-order valence-corrected chi connectivity index (χ2v) is 6.44. The minimum absolute atomic E-state index is 0.0298. The summed E-state index contributed by atoms with van der Waals surface area (Å²) >= 11 is 0. The molecule has 0 fully saturated rings. The molecule has 0 saturated carbocycles. The number of fused-ring (bicyclic) bond motifs is 2. The molecular formula is C22H17NO4. The average Bonchev–Trinajstić information content (AvgIpc) is 2.68. The first-order valence-electron chi connectivity index (χ1n) is 8.59. The van der Waals surface area contributed by atoms with Crippen molar-refractivity contribution in [2.24, 2.45) is 0 Å². The molecule has 0 aliphatic heterocycles. The predicted molar refractivity (Wildman–Crippen MR) is 103 cm³/mol. The molecule has 2 aromatic heterocycles. The van der Waals surface area contributed by atoms with E-state index in [0.717, 1.165) is 27.4 Å². The Labute approximate surface area is 155 Å². The van der Waals surface area contributed by atoms with Crippen molar-refractivity contribution in [2.45, 2.75) is 20.5 Å². The van der Waals surface area contributed by atoms with Crippen molar-refractivity contribution < 1.29 is 13.9 Å². The van der Waals surface area contributed by atoms with Crippen molar-refractivity contribution >= 4 is 27.8 Å². The third-order valence-electron chi connectivity index (χ3n) is 4.68. The van der Waals surface area contributed by atoms with Gasteiger partial charge in [-0.05, 0) is 37.1 Å². The second kappa shape index (κ2) is 6.68. The number of para-hydroxylation sites is 1. The van der Waals surface area contributed by atoms with E-state index in [1.807, 2.05) is 56.3 Å². The van der Waals surface area contributed by atoms with Gasteiger partial charge in [0, 0.05) is 22.4 Å². The molecule has 4 aromatic rings. The number of hydrogen-bond acceptors (Lipinski definition) is 5. The third kappa shape index (κ3) is 3.19. The van der Waals surface area contributed by atoms with Crippen LogP contribution in [-0.4, -0.2) is 11.0 Å². The van der Waals surface area contributed by atoms with Crippen LogP contribution < -0.4 is 5.63 Å². The average molecular weight is 359 g/mol. The number of nitrogens with zero attached hydrogens (tertiary/aromatic N) is 1. The topological polar surface area (TPSA) is 69.4 Å². The number of carbonyl (C=O) groups excluding carboxylic acids is 1. The summed E-state index contributed by atoms with van der Waals surface area (Å²) in [6, 6.07) is 16.2. The Morgan fingerprint density at radius 3 is 2.74 bits per heavy atom. The van der Waals surface area contributed by atoms with Gasteiger partial charge in [-0.15, -0.1) is 0 Å². The Morgan fingerprint density at radius 2 is 1.89 bits per heavy atom. The maximum atomic E-state index is 12.4. The number of rotatable bonds is 3. The highest BCUT2D eigenvalue weighted by Gasteiger charge is 2.14. The molecule has 0 saturated heterocycles. The molecule has 0 amide bonds. The van der Waals surface area contributed by atoms with Gasteiger partial charge < -0.3 is 9.15 Å². The molecule has 5 nitrogen and oxygen atoms in total. The van der Waals surface area contributed by atoms with E-state index in [9.17, 15) is 9.59 Å².